The van der Waals surface area contributed by atoms with Crippen molar-refractivity contribution in [1.82, 2.24) is 9.55 Å². The van der Waals surface area contributed by atoms with E-state index in [1.807, 2.05) is 24.3 Å². The number of hydrogen-bond acceptors (Lipinski definition) is 2. The van der Waals surface area contributed by atoms with Gasteiger partial charge in [0.1, 0.15) is 6.33 Å². The first-order valence-corrected chi connectivity index (χ1v) is 6.11. The number of carbonyl (C=O) groups excluding carboxylic acids is 1. The van der Waals surface area contributed by atoms with E-state index in [1.165, 1.54) is 10.9 Å². The average molecular weight is 272 g/mol. The summed E-state index contributed by atoms with van der Waals surface area (Å²) < 4.78 is 1.48. The van der Waals surface area contributed by atoms with Gasteiger partial charge < -0.3 is 5.32 Å². The molecular weight excluding hydrogens is 262 g/mol. The lowest BCUT2D eigenvalue weighted by molar-refractivity contribution is 0.254. The minimum absolute atomic E-state index is 0.254. The number of amides is 1. The first-order chi connectivity index (χ1) is 9.24. The van der Waals surface area contributed by atoms with Crippen LogP contribution in [0.25, 0.3) is 11.0 Å². The van der Waals surface area contributed by atoms with Crippen molar-refractivity contribution in [2.75, 3.05) is 5.32 Å². The molecule has 0 fully saturated rings. The standard InChI is InChI=1S/C14H10ClN3O/c15-10-5-7-11(8-6-10)17-14(19)18-9-16-12-3-1-2-4-13(12)18/h1-9H,(H,17,19). The molecule has 94 valence electrons. The summed E-state index contributed by atoms with van der Waals surface area (Å²) in [4.78, 5) is 16.3. The third-order valence-corrected chi connectivity index (χ3v) is 3.02. The number of halogens is 1. The van der Waals surface area contributed by atoms with Crippen LogP contribution in [0.3, 0.4) is 0 Å². The zero-order valence-electron chi connectivity index (χ0n) is 9.88. The molecule has 1 heterocycles. The summed E-state index contributed by atoms with van der Waals surface area (Å²) in [5, 5.41) is 3.42. The number of nitrogens with zero attached hydrogens (tertiary/aromatic N) is 2. The molecular formula is C14H10ClN3O. The third-order valence-electron chi connectivity index (χ3n) is 2.77. The first kappa shape index (κ1) is 11.7. The Morgan fingerprint density at radius 3 is 2.63 bits per heavy atom. The number of para-hydroxylation sites is 2. The molecule has 0 aliphatic rings. The Morgan fingerprint density at radius 1 is 1.11 bits per heavy atom. The van der Waals surface area contributed by atoms with Crippen molar-refractivity contribution < 1.29 is 4.79 Å². The molecule has 1 N–H and O–H groups in total. The van der Waals surface area contributed by atoms with Gasteiger partial charge in [0.25, 0.3) is 0 Å². The molecule has 1 amide bonds. The lowest BCUT2D eigenvalue weighted by atomic mass is 10.3. The third kappa shape index (κ3) is 2.30. The highest BCUT2D eigenvalue weighted by Crippen LogP contribution is 2.15. The summed E-state index contributed by atoms with van der Waals surface area (Å²) in [5.74, 6) is 0. The van der Waals surface area contributed by atoms with Crippen molar-refractivity contribution in [3.05, 3.63) is 59.9 Å². The predicted molar refractivity (Wildman–Crippen MR) is 75.6 cm³/mol. The second-order valence-electron chi connectivity index (χ2n) is 4.04. The molecule has 0 aliphatic heterocycles. The van der Waals surface area contributed by atoms with E-state index in [-0.39, 0.29) is 6.03 Å². The highest BCUT2D eigenvalue weighted by Gasteiger charge is 2.09. The van der Waals surface area contributed by atoms with Crippen molar-refractivity contribution in [3.8, 4) is 0 Å². The van der Waals surface area contributed by atoms with Gasteiger partial charge in [0.15, 0.2) is 0 Å². The number of aromatic nitrogens is 2. The van der Waals surface area contributed by atoms with Crippen molar-refractivity contribution in [2.24, 2.45) is 0 Å². The molecule has 0 aliphatic carbocycles. The zero-order valence-corrected chi connectivity index (χ0v) is 10.6. The van der Waals surface area contributed by atoms with Crippen molar-refractivity contribution in [1.29, 1.82) is 0 Å². The lowest BCUT2D eigenvalue weighted by Gasteiger charge is -2.06. The van der Waals surface area contributed by atoms with Crippen molar-refractivity contribution in [2.45, 2.75) is 0 Å². The van der Waals surface area contributed by atoms with Gasteiger partial charge in [0.05, 0.1) is 11.0 Å². The molecule has 19 heavy (non-hydrogen) atoms. The normalized spacial score (nSPS) is 10.6. The number of imidazole rings is 1. The molecule has 3 aromatic rings. The Bertz CT molecular complexity index is 734. The van der Waals surface area contributed by atoms with Crippen LogP contribution < -0.4 is 5.32 Å². The van der Waals surface area contributed by atoms with E-state index < -0.39 is 0 Å². The summed E-state index contributed by atoms with van der Waals surface area (Å²) in [6, 6.07) is 14.2. The summed E-state index contributed by atoms with van der Waals surface area (Å²) in [5.41, 5.74) is 2.25. The van der Waals surface area contributed by atoms with Crippen molar-refractivity contribution >= 4 is 34.4 Å². The fourth-order valence-corrected chi connectivity index (χ4v) is 1.96. The maximum absolute atomic E-state index is 12.2. The highest BCUT2D eigenvalue weighted by molar-refractivity contribution is 6.30. The molecule has 2 aromatic carbocycles. The first-order valence-electron chi connectivity index (χ1n) is 5.73. The quantitative estimate of drug-likeness (QED) is 0.732. The Kier molecular flexibility index (Phi) is 2.93. The molecule has 0 spiro atoms. The molecule has 0 unspecified atom stereocenters. The number of carbonyl (C=O) groups is 1. The second-order valence-corrected chi connectivity index (χ2v) is 4.48. The number of fused-ring (bicyclic) bond motifs is 1. The largest absolute Gasteiger partial charge is 0.331 e. The molecule has 0 bridgehead atoms. The van der Waals surface area contributed by atoms with Gasteiger partial charge >= 0.3 is 6.03 Å². The van der Waals surface area contributed by atoms with E-state index >= 15 is 0 Å². The predicted octanol–water partition coefficient (Wildman–Crippen LogP) is 3.77. The number of rotatable bonds is 1. The topological polar surface area (TPSA) is 46.9 Å². The fraction of sp³-hybridized carbons (Fsp3) is 0. The van der Waals surface area contributed by atoms with E-state index in [4.69, 9.17) is 11.6 Å². The van der Waals surface area contributed by atoms with Gasteiger partial charge in [-0.15, -0.1) is 0 Å². The minimum Gasteiger partial charge on any atom is -0.307 e. The molecule has 0 radical (unpaired) electrons. The van der Waals surface area contributed by atoms with E-state index in [9.17, 15) is 4.79 Å². The monoisotopic (exact) mass is 271 g/mol. The highest BCUT2D eigenvalue weighted by atomic mass is 35.5. The van der Waals surface area contributed by atoms with Gasteiger partial charge in [-0.1, -0.05) is 23.7 Å². The van der Waals surface area contributed by atoms with E-state index in [0.717, 1.165) is 11.0 Å². The van der Waals surface area contributed by atoms with Crippen LogP contribution >= 0.6 is 11.6 Å². The van der Waals surface area contributed by atoms with Crippen LogP contribution in [0.15, 0.2) is 54.9 Å². The van der Waals surface area contributed by atoms with Gasteiger partial charge in [0.2, 0.25) is 0 Å². The SMILES string of the molecule is O=C(Nc1ccc(Cl)cc1)n1cnc2ccccc21. The average Bonchev–Trinajstić information content (AvgIpc) is 2.85. The van der Waals surface area contributed by atoms with Crippen LogP contribution in [0.5, 0.6) is 0 Å². The summed E-state index contributed by atoms with van der Waals surface area (Å²) in [6.45, 7) is 0. The summed E-state index contributed by atoms with van der Waals surface area (Å²) >= 11 is 5.80. The number of anilines is 1. The van der Waals surface area contributed by atoms with Gasteiger partial charge in [-0.2, -0.15) is 0 Å². The van der Waals surface area contributed by atoms with Crippen LogP contribution in [0.4, 0.5) is 10.5 Å². The summed E-state index contributed by atoms with van der Waals surface area (Å²) in [7, 11) is 0. The maximum Gasteiger partial charge on any atom is 0.331 e. The molecule has 0 saturated heterocycles. The zero-order chi connectivity index (χ0) is 13.2. The second kappa shape index (κ2) is 4.74. The Balaban J connectivity index is 1.90. The number of benzene rings is 2. The smallest absolute Gasteiger partial charge is 0.307 e. The van der Waals surface area contributed by atoms with Crippen LogP contribution in [0.2, 0.25) is 5.02 Å². The van der Waals surface area contributed by atoms with Gasteiger partial charge in [-0.05, 0) is 36.4 Å². The molecule has 3 rings (SSSR count). The molecule has 1 aromatic heterocycles. The Hall–Kier alpha value is -2.33. The van der Waals surface area contributed by atoms with E-state index in [1.54, 1.807) is 24.3 Å². The Labute approximate surface area is 114 Å². The summed E-state index contributed by atoms with van der Waals surface area (Å²) in [6.07, 6.45) is 1.51. The van der Waals surface area contributed by atoms with Crippen LogP contribution in [0, 0.1) is 0 Å². The fourth-order valence-electron chi connectivity index (χ4n) is 1.84. The number of hydrogen-bond donors (Lipinski definition) is 1. The van der Waals surface area contributed by atoms with E-state index in [2.05, 4.69) is 10.3 Å². The maximum atomic E-state index is 12.2. The van der Waals surface area contributed by atoms with Crippen molar-refractivity contribution in [3.63, 3.8) is 0 Å². The van der Waals surface area contributed by atoms with Crippen LogP contribution in [-0.2, 0) is 0 Å². The minimum atomic E-state index is -0.254. The molecule has 0 saturated carbocycles. The van der Waals surface area contributed by atoms with Crippen LogP contribution in [0.1, 0.15) is 0 Å². The molecule has 4 nitrogen and oxygen atoms in total. The van der Waals surface area contributed by atoms with Gasteiger partial charge in [0, 0.05) is 10.7 Å². The van der Waals surface area contributed by atoms with Gasteiger partial charge in [-0.3, -0.25) is 4.57 Å². The van der Waals surface area contributed by atoms with E-state index in [0.29, 0.717) is 10.7 Å². The molecule has 0 atom stereocenters. The Morgan fingerprint density at radius 2 is 1.84 bits per heavy atom. The number of nitrogens with one attached hydrogen (secondary N) is 1. The van der Waals surface area contributed by atoms with Crippen LogP contribution in [-0.4, -0.2) is 15.6 Å². The lowest BCUT2D eigenvalue weighted by Crippen LogP contribution is -2.18. The molecule has 5 heteroatoms. The van der Waals surface area contributed by atoms with Gasteiger partial charge in [-0.25, -0.2) is 9.78 Å².